The third-order valence-corrected chi connectivity index (χ3v) is 7.23. The Labute approximate surface area is 178 Å². The molecule has 1 aliphatic rings. The molecule has 1 aliphatic heterocycles. The van der Waals surface area contributed by atoms with Gasteiger partial charge in [0.05, 0.1) is 9.95 Å². The lowest BCUT2D eigenvalue weighted by Crippen LogP contribution is -2.51. The summed E-state index contributed by atoms with van der Waals surface area (Å²) in [6.07, 6.45) is 0.836. The van der Waals surface area contributed by atoms with Gasteiger partial charge >= 0.3 is 0 Å². The van der Waals surface area contributed by atoms with Crippen molar-refractivity contribution >= 4 is 50.3 Å². The molecule has 1 amide bonds. The molecule has 29 heavy (non-hydrogen) atoms. The molecule has 4 rings (SSSR count). The molecule has 7 heteroatoms. The first-order valence-corrected chi connectivity index (χ1v) is 10.6. The zero-order chi connectivity index (χ0) is 21.1. The summed E-state index contributed by atoms with van der Waals surface area (Å²) < 4.78 is 0.639. The molecule has 0 N–H and O–H groups in total. The van der Waals surface area contributed by atoms with Crippen LogP contribution < -0.4 is 4.90 Å². The van der Waals surface area contributed by atoms with E-state index in [2.05, 4.69) is 33.8 Å². The van der Waals surface area contributed by atoms with Gasteiger partial charge in [-0.15, -0.1) is 11.3 Å². The molecule has 0 spiro atoms. The fraction of sp³-hybridized carbons (Fsp3) is 0.318. The van der Waals surface area contributed by atoms with Crippen LogP contribution in [0.1, 0.15) is 53.9 Å². The van der Waals surface area contributed by atoms with Crippen LogP contribution in [0.15, 0.2) is 36.4 Å². The minimum atomic E-state index is -0.442. The summed E-state index contributed by atoms with van der Waals surface area (Å²) in [7, 11) is 0. The smallest absolute Gasteiger partial charge is 0.270 e. The van der Waals surface area contributed by atoms with Crippen molar-refractivity contribution in [1.82, 2.24) is 0 Å². The maximum Gasteiger partial charge on any atom is 0.270 e. The summed E-state index contributed by atoms with van der Waals surface area (Å²) in [4.78, 5) is 26.6. The predicted octanol–water partition coefficient (Wildman–Crippen LogP) is 6.70. The lowest BCUT2D eigenvalue weighted by Gasteiger charge is -2.46. The summed E-state index contributed by atoms with van der Waals surface area (Å²) in [5, 5.41) is 12.1. The van der Waals surface area contributed by atoms with E-state index in [-0.39, 0.29) is 17.1 Å². The third kappa shape index (κ3) is 3.20. The van der Waals surface area contributed by atoms with Crippen molar-refractivity contribution in [2.75, 3.05) is 4.90 Å². The number of aryl methyl sites for hydroxylation is 1. The second-order valence-corrected chi connectivity index (χ2v) is 9.73. The molecule has 0 saturated carbocycles. The summed E-state index contributed by atoms with van der Waals surface area (Å²) in [6, 6.07) is 10.7. The summed E-state index contributed by atoms with van der Waals surface area (Å²) >= 11 is 7.78. The second-order valence-electron chi connectivity index (χ2n) is 8.30. The number of non-ortho nitro benzene ring substituents is 1. The quantitative estimate of drug-likeness (QED) is 0.336. The number of anilines is 1. The van der Waals surface area contributed by atoms with Gasteiger partial charge < -0.3 is 4.90 Å². The molecule has 5 nitrogen and oxygen atoms in total. The first-order valence-electron chi connectivity index (χ1n) is 9.41. The van der Waals surface area contributed by atoms with Gasteiger partial charge in [0.15, 0.2) is 0 Å². The van der Waals surface area contributed by atoms with E-state index in [0.29, 0.717) is 25.9 Å². The topological polar surface area (TPSA) is 63.5 Å². The highest BCUT2D eigenvalue weighted by atomic mass is 35.5. The van der Waals surface area contributed by atoms with Crippen LogP contribution in [0.25, 0.3) is 10.1 Å². The van der Waals surface area contributed by atoms with Gasteiger partial charge in [-0.25, -0.2) is 0 Å². The lowest BCUT2D eigenvalue weighted by molar-refractivity contribution is -0.384. The van der Waals surface area contributed by atoms with E-state index in [9.17, 15) is 14.9 Å². The molecule has 0 aliphatic carbocycles. The van der Waals surface area contributed by atoms with E-state index >= 15 is 0 Å². The highest BCUT2D eigenvalue weighted by Crippen LogP contribution is 2.46. The molecule has 3 aromatic rings. The zero-order valence-corrected chi connectivity index (χ0v) is 18.2. The summed E-state index contributed by atoms with van der Waals surface area (Å²) in [5.41, 5.74) is 2.83. The van der Waals surface area contributed by atoms with Crippen molar-refractivity contribution in [3.05, 3.63) is 67.5 Å². The van der Waals surface area contributed by atoms with Gasteiger partial charge in [0.1, 0.15) is 4.88 Å². The van der Waals surface area contributed by atoms with E-state index in [0.717, 1.165) is 23.2 Å². The number of nitro benzene ring substituents is 1. The number of rotatable bonds is 2. The van der Waals surface area contributed by atoms with Gasteiger partial charge in [0, 0.05) is 33.4 Å². The fourth-order valence-corrected chi connectivity index (χ4v) is 5.81. The van der Waals surface area contributed by atoms with Crippen molar-refractivity contribution in [1.29, 1.82) is 0 Å². The van der Waals surface area contributed by atoms with E-state index in [1.165, 1.54) is 23.5 Å². The number of thiophene rings is 1. The lowest BCUT2D eigenvalue weighted by atomic mass is 9.79. The average Bonchev–Trinajstić information content (AvgIpc) is 2.97. The minimum Gasteiger partial charge on any atom is -0.302 e. The van der Waals surface area contributed by atoms with Crippen molar-refractivity contribution in [2.24, 2.45) is 0 Å². The number of hydrogen-bond acceptors (Lipinski definition) is 4. The molecule has 0 radical (unpaired) electrons. The maximum atomic E-state index is 13.7. The summed E-state index contributed by atoms with van der Waals surface area (Å²) in [6.45, 7) is 8.37. The standard InChI is InChI=1S/C22H21ClN2O3S/c1-12-5-8-17-16(9-12)13(2)11-22(3,4)24(17)21(26)20-19(23)15-7-6-14(25(27)28)10-18(15)29-20/h5-10,13H,11H2,1-4H3/t13-/m0/s1. The highest BCUT2D eigenvalue weighted by Gasteiger charge is 2.41. The molecule has 0 saturated heterocycles. The maximum absolute atomic E-state index is 13.7. The molecular weight excluding hydrogens is 408 g/mol. The molecule has 2 aromatic carbocycles. The molecule has 1 aromatic heterocycles. The normalized spacial score (nSPS) is 18.0. The van der Waals surface area contributed by atoms with Crippen LogP contribution in [0.5, 0.6) is 0 Å². The average molecular weight is 429 g/mol. The molecule has 0 fully saturated rings. The zero-order valence-electron chi connectivity index (χ0n) is 16.7. The first kappa shape index (κ1) is 19.9. The Morgan fingerprint density at radius 1 is 1.28 bits per heavy atom. The van der Waals surface area contributed by atoms with Gasteiger partial charge in [-0.1, -0.05) is 36.2 Å². The number of halogens is 1. The number of nitro groups is 1. The van der Waals surface area contributed by atoms with Gasteiger partial charge in [-0.2, -0.15) is 0 Å². The van der Waals surface area contributed by atoms with Crippen molar-refractivity contribution in [3.63, 3.8) is 0 Å². The number of amides is 1. The Bertz CT molecular complexity index is 1170. The number of carbonyl (C=O) groups is 1. The van der Waals surface area contributed by atoms with E-state index < -0.39 is 4.92 Å². The van der Waals surface area contributed by atoms with Gasteiger partial charge in [-0.05, 0) is 50.8 Å². The van der Waals surface area contributed by atoms with Crippen LogP contribution in [-0.2, 0) is 0 Å². The van der Waals surface area contributed by atoms with Crippen LogP contribution in [0.2, 0.25) is 5.02 Å². The fourth-order valence-electron chi connectivity index (χ4n) is 4.34. The number of benzene rings is 2. The Kier molecular flexibility index (Phi) is 4.67. The van der Waals surface area contributed by atoms with Crippen LogP contribution in [-0.4, -0.2) is 16.4 Å². The molecule has 1 atom stereocenters. The monoisotopic (exact) mass is 428 g/mol. The number of fused-ring (bicyclic) bond motifs is 2. The van der Waals surface area contributed by atoms with Crippen LogP contribution >= 0.6 is 22.9 Å². The first-order chi connectivity index (χ1) is 13.6. The molecule has 2 heterocycles. The van der Waals surface area contributed by atoms with Crippen molar-refractivity contribution in [3.8, 4) is 0 Å². The largest absolute Gasteiger partial charge is 0.302 e. The van der Waals surface area contributed by atoms with E-state index in [1.807, 2.05) is 17.0 Å². The summed E-state index contributed by atoms with van der Waals surface area (Å²) in [5.74, 6) is 0.172. The van der Waals surface area contributed by atoms with Crippen LogP contribution in [0.4, 0.5) is 11.4 Å². The van der Waals surface area contributed by atoms with Crippen molar-refractivity contribution < 1.29 is 9.72 Å². The number of hydrogen-bond donors (Lipinski definition) is 0. The van der Waals surface area contributed by atoms with Crippen LogP contribution in [0, 0.1) is 17.0 Å². The van der Waals surface area contributed by atoms with Crippen molar-refractivity contribution in [2.45, 2.75) is 45.6 Å². The van der Waals surface area contributed by atoms with Gasteiger partial charge in [-0.3, -0.25) is 14.9 Å². The SMILES string of the molecule is Cc1ccc2c(c1)[C@@H](C)CC(C)(C)N2C(=O)c1sc2cc([N+](=O)[O-])ccc2c1Cl. The van der Waals surface area contributed by atoms with E-state index in [4.69, 9.17) is 11.6 Å². The Hall–Kier alpha value is -2.44. The molecular formula is C22H21ClN2O3S. The van der Waals surface area contributed by atoms with Gasteiger partial charge in [0.2, 0.25) is 0 Å². The Balaban J connectivity index is 1.86. The highest BCUT2D eigenvalue weighted by molar-refractivity contribution is 7.21. The molecule has 0 unspecified atom stereocenters. The van der Waals surface area contributed by atoms with Crippen LogP contribution in [0.3, 0.4) is 0 Å². The number of carbonyl (C=O) groups excluding carboxylic acids is 1. The Morgan fingerprint density at radius 2 is 2.00 bits per heavy atom. The molecule has 0 bridgehead atoms. The molecule has 150 valence electrons. The predicted molar refractivity (Wildman–Crippen MR) is 119 cm³/mol. The minimum absolute atomic E-state index is 0.0117. The Morgan fingerprint density at radius 3 is 2.69 bits per heavy atom. The number of nitrogens with zero attached hydrogens (tertiary/aromatic N) is 2. The van der Waals surface area contributed by atoms with Gasteiger partial charge in [0.25, 0.3) is 11.6 Å². The third-order valence-electron chi connectivity index (χ3n) is 5.59. The van der Waals surface area contributed by atoms with E-state index in [1.54, 1.807) is 6.07 Å². The second kappa shape index (κ2) is 6.82.